The second-order valence-corrected chi connectivity index (χ2v) is 6.48. The summed E-state index contributed by atoms with van der Waals surface area (Å²) in [6.45, 7) is 0.0981. The molecule has 7 nitrogen and oxygen atoms in total. The van der Waals surface area contributed by atoms with E-state index in [-0.39, 0.29) is 18.7 Å². The molecule has 0 radical (unpaired) electrons. The molecule has 0 fully saturated rings. The first-order chi connectivity index (χ1) is 14.2. The van der Waals surface area contributed by atoms with Crippen LogP contribution in [0.5, 0.6) is 0 Å². The standard InChI is InChI=1S/C19H17F4N5O2/c20-14-3-1-2-13(7-14)18(30)25-10-15-11-28-16(27-15)6-12(9-26-28)8-24-17(29)4-5-19(21,22)23/h1-3,6-7,9,11H,4-5,8,10H2,(H,24,29)(H,25,30). The van der Waals surface area contributed by atoms with Crippen LogP contribution in [0.1, 0.15) is 34.5 Å². The topological polar surface area (TPSA) is 88.4 Å². The quantitative estimate of drug-likeness (QED) is 0.572. The molecule has 11 heteroatoms. The summed E-state index contributed by atoms with van der Waals surface area (Å²) in [6, 6.07) is 6.90. The lowest BCUT2D eigenvalue weighted by atomic mass is 10.2. The minimum atomic E-state index is -4.38. The van der Waals surface area contributed by atoms with E-state index in [2.05, 4.69) is 20.7 Å². The highest BCUT2D eigenvalue weighted by atomic mass is 19.4. The number of carbonyl (C=O) groups is 2. The first-order valence-electron chi connectivity index (χ1n) is 8.90. The van der Waals surface area contributed by atoms with E-state index in [1.54, 1.807) is 12.3 Å². The average molecular weight is 423 g/mol. The fraction of sp³-hybridized carbons (Fsp3) is 0.263. The Morgan fingerprint density at radius 2 is 1.90 bits per heavy atom. The molecule has 3 aromatic rings. The first-order valence-corrected chi connectivity index (χ1v) is 8.90. The van der Waals surface area contributed by atoms with Gasteiger partial charge in [0.15, 0.2) is 5.65 Å². The van der Waals surface area contributed by atoms with Crippen molar-refractivity contribution in [1.29, 1.82) is 0 Å². The van der Waals surface area contributed by atoms with Crippen LogP contribution in [0.2, 0.25) is 0 Å². The number of fused-ring (bicyclic) bond motifs is 1. The minimum absolute atomic E-state index is 0.0126. The van der Waals surface area contributed by atoms with Gasteiger partial charge < -0.3 is 10.6 Å². The Balaban J connectivity index is 1.56. The van der Waals surface area contributed by atoms with Crippen LogP contribution >= 0.6 is 0 Å². The van der Waals surface area contributed by atoms with Crippen molar-refractivity contribution in [3.05, 3.63) is 65.4 Å². The second kappa shape index (κ2) is 8.89. The second-order valence-electron chi connectivity index (χ2n) is 6.48. The summed E-state index contributed by atoms with van der Waals surface area (Å²) >= 11 is 0. The number of imidazole rings is 1. The van der Waals surface area contributed by atoms with Crippen molar-refractivity contribution in [2.75, 3.05) is 0 Å². The zero-order chi connectivity index (χ0) is 21.7. The largest absolute Gasteiger partial charge is 0.389 e. The van der Waals surface area contributed by atoms with Crippen LogP contribution in [-0.2, 0) is 17.9 Å². The molecule has 2 amide bonds. The normalized spacial score (nSPS) is 11.5. The predicted molar refractivity (Wildman–Crippen MR) is 97.7 cm³/mol. The Morgan fingerprint density at radius 1 is 1.10 bits per heavy atom. The van der Waals surface area contributed by atoms with Gasteiger partial charge in [0.25, 0.3) is 5.91 Å². The highest BCUT2D eigenvalue weighted by Gasteiger charge is 2.27. The fourth-order valence-electron chi connectivity index (χ4n) is 2.59. The Labute approximate surface area is 168 Å². The molecule has 0 unspecified atom stereocenters. The molecule has 0 spiro atoms. The molecule has 2 aromatic heterocycles. The smallest absolute Gasteiger partial charge is 0.352 e. The molecule has 2 N–H and O–H groups in total. The van der Waals surface area contributed by atoms with Crippen molar-refractivity contribution >= 4 is 17.5 Å². The van der Waals surface area contributed by atoms with Gasteiger partial charge in [-0.2, -0.15) is 18.3 Å². The van der Waals surface area contributed by atoms with E-state index >= 15 is 0 Å². The summed E-state index contributed by atoms with van der Waals surface area (Å²) in [5.74, 6) is -1.68. The van der Waals surface area contributed by atoms with Crippen molar-refractivity contribution in [3.8, 4) is 0 Å². The lowest BCUT2D eigenvalue weighted by molar-refractivity contribution is -0.144. The summed E-state index contributed by atoms with van der Waals surface area (Å²) in [5.41, 5.74) is 1.68. The number of alkyl halides is 3. The molecule has 3 rings (SSSR count). The maximum atomic E-state index is 13.2. The van der Waals surface area contributed by atoms with Crippen LogP contribution in [0.25, 0.3) is 5.65 Å². The van der Waals surface area contributed by atoms with Gasteiger partial charge in [-0.25, -0.2) is 13.9 Å². The SMILES string of the molecule is O=C(CCC(F)(F)F)NCc1cnn2cc(CNC(=O)c3cccc(F)c3)nc2c1. The monoisotopic (exact) mass is 423 g/mol. The van der Waals surface area contributed by atoms with Crippen molar-refractivity contribution < 1.29 is 27.2 Å². The first kappa shape index (κ1) is 21.2. The number of nitrogens with one attached hydrogen (secondary N) is 2. The van der Waals surface area contributed by atoms with Crippen LogP contribution < -0.4 is 10.6 Å². The van der Waals surface area contributed by atoms with Gasteiger partial charge in [0.1, 0.15) is 5.82 Å². The van der Waals surface area contributed by atoms with E-state index < -0.39 is 36.6 Å². The van der Waals surface area contributed by atoms with Gasteiger partial charge >= 0.3 is 6.18 Å². The molecule has 0 aliphatic rings. The van der Waals surface area contributed by atoms with E-state index in [1.165, 1.54) is 28.9 Å². The number of aromatic nitrogens is 3. The molecule has 0 saturated carbocycles. The van der Waals surface area contributed by atoms with Crippen LogP contribution in [0, 0.1) is 5.82 Å². The van der Waals surface area contributed by atoms with Crippen LogP contribution in [0.15, 0.2) is 42.7 Å². The van der Waals surface area contributed by atoms with Gasteiger partial charge in [0, 0.05) is 18.5 Å². The predicted octanol–water partition coefficient (Wildman–Crippen LogP) is 2.76. The molecule has 0 aliphatic carbocycles. The number of hydrogen-bond acceptors (Lipinski definition) is 4. The third-order valence-electron chi connectivity index (χ3n) is 4.07. The van der Waals surface area contributed by atoms with Crippen molar-refractivity contribution in [3.63, 3.8) is 0 Å². The van der Waals surface area contributed by atoms with E-state index in [9.17, 15) is 27.2 Å². The number of halogens is 4. The molecule has 30 heavy (non-hydrogen) atoms. The zero-order valence-electron chi connectivity index (χ0n) is 15.5. The van der Waals surface area contributed by atoms with Crippen LogP contribution in [0.3, 0.4) is 0 Å². The van der Waals surface area contributed by atoms with E-state index in [1.807, 2.05) is 0 Å². The Kier molecular flexibility index (Phi) is 6.28. The van der Waals surface area contributed by atoms with E-state index in [0.717, 1.165) is 6.07 Å². The van der Waals surface area contributed by atoms with Gasteiger partial charge in [-0.1, -0.05) is 6.07 Å². The third kappa shape index (κ3) is 6.00. The van der Waals surface area contributed by atoms with Gasteiger partial charge in [-0.3, -0.25) is 9.59 Å². The number of rotatable bonds is 7. The summed E-state index contributed by atoms with van der Waals surface area (Å²) in [6.07, 6.45) is -3.16. The lowest BCUT2D eigenvalue weighted by Crippen LogP contribution is -2.24. The number of hydrogen-bond donors (Lipinski definition) is 2. The van der Waals surface area contributed by atoms with Crippen molar-refractivity contribution in [1.82, 2.24) is 25.2 Å². The molecule has 158 valence electrons. The molecule has 2 heterocycles. The third-order valence-corrected chi connectivity index (χ3v) is 4.07. The highest BCUT2D eigenvalue weighted by molar-refractivity contribution is 5.94. The van der Waals surface area contributed by atoms with Crippen molar-refractivity contribution in [2.45, 2.75) is 32.1 Å². The molecule has 0 aliphatic heterocycles. The molecule has 0 saturated heterocycles. The zero-order valence-corrected chi connectivity index (χ0v) is 15.5. The van der Waals surface area contributed by atoms with Gasteiger partial charge in [0.05, 0.1) is 31.1 Å². The van der Waals surface area contributed by atoms with Crippen molar-refractivity contribution in [2.24, 2.45) is 0 Å². The molecule has 0 atom stereocenters. The van der Waals surface area contributed by atoms with Crippen LogP contribution in [0.4, 0.5) is 17.6 Å². The summed E-state index contributed by atoms with van der Waals surface area (Å²) in [7, 11) is 0. The minimum Gasteiger partial charge on any atom is -0.352 e. The number of amides is 2. The van der Waals surface area contributed by atoms with Crippen LogP contribution in [-0.4, -0.2) is 32.6 Å². The molecular formula is C19H17F4N5O2. The summed E-state index contributed by atoms with van der Waals surface area (Å²) in [5, 5.41) is 9.15. The Morgan fingerprint density at radius 3 is 2.63 bits per heavy atom. The summed E-state index contributed by atoms with van der Waals surface area (Å²) in [4.78, 5) is 27.9. The highest BCUT2D eigenvalue weighted by Crippen LogP contribution is 2.21. The van der Waals surface area contributed by atoms with Gasteiger partial charge in [-0.15, -0.1) is 0 Å². The average Bonchev–Trinajstić information content (AvgIpc) is 3.10. The number of carbonyl (C=O) groups excluding carboxylic acids is 2. The maximum Gasteiger partial charge on any atom is 0.389 e. The lowest BCUT2D eigenvalue weighted by Gasteiger charge is -2.07. The van der Waals surface area contributed by atoms with E-state index in [0.29, 0.717) is 16.9 Å². The summed E-state index contributed by atoms with van der Waals surface area (Å²) < 4.78 is 51.1. The number of nitrogens with zero attached hydrogens (tertiary/aromatic N) is 3. The van der Waals surface area contributed by atoms with Gasteiger partial charge in [-0.05, 0) is 29.8 Å². The number of benzene rings is 1. The van der Waals surface area contributed by atoms with Gasteiger partial charge in [0.2, 0.25) is 5.91 Å². The van der Waals surface area contributed by atoms with E-state index in [4.69, 9.17) is 0 Å². The fourth-order valence-corrected chi connectivity index (χ4v) is 2.59. The molecule has 0 bridgehead atoms. The molecule has 1 aromatic carbocycles. The Hall–Kier alpha value is -3.50. The molecular weight excluding hydrogens is 406 g/mol. The maximum absolute atomic E-state index is 13.2. The Bertz CT molecular complexity index is 1060.